The second kappa shape index (κ2) is 7.47. The van der Waals surface area contributed by atoms with E-state index in [4.69, 9.17) is 5.11 Å². The van der Waals surface area contributed by atoms with Crippen molar-refractivity contribution in [2.24, 2.45) is 5.92 Å². The van der Waals surface area contributed by atoms with Crippen LogP contribution >= 0.6 is 0 Å². The van der Waals surface area contributed by atoms with Crippen LogP contribution in [0.4, 0.5) is 4.79 Å². The molecule has 2 amide bonds. The van der Waals surface area contributed by atoms with Crippen LogP contribution < -0.4 is 10.6 Å². The summed E-state index contributed by atoms with van der Waals surface area (Å²) in [7, 11) is -3.02. The Morgan fingerprint density at radius 1 is 1.25 bits per heavy atom. The highest BCUT2D eigenvalue weighted by molar-refractivity contribution is 7.90. The van der Waals surface area contributed by atoms with Gasteiger partial charge in [0, 0.05) is 18.8 Å². The van der Waals surface area contributed by atoms with Crippen molar-refractivity contribution in [1.82, 2.24) is 10.6 Å². The van der Waals surface area contributed by atoms with Crippen molar-refractivity contribution in [1.29, 1.82) is 0 Å². The minimum absolute atomic E-state index is 0.0223. The Balaban J connectivity index is 2.32. The number of carboxylic acid groups (broad SMARTS) is 1. The number of carboxylic acids is 1. The molecule has 0 aliphatic heterocycles. The molecule has 0 heterocycles. The third-order valence-electron chi connectivity index (χ3n) is 3.38. The van der Waals surface area contributed by atoms with E-state index < -0.39 is 27.8 Å². The lowest BCUT2D eigenvalue weighted by Gasteiger charge is -2.29. The molecular weight excluding hydrogens is 284 g/mol. The SMILES string of the molecule is CS(=O)(=O)CCCNC(=O)NC1CCCCC1C(=O)O. The molecule has 0 radical (unpaired) electrons. The molecule has 0 spiro atoms. The summed E-state index contributed by atoms with van der Waals surface area (Å²) < 4.78 is 21.8. The number of amides is 2. The van der Waals surface area contributed by atoms with Gasteiger partial charge in [-0.05, 0) is 19.3 Å². The highest BCUT2D eigenvalue weighted by atomic mass is 32.2. The zero-order chi connectivity index (χ0) is 15.2. The van der Waals surface area contributed by atoms with Crippen molar-refractivity contribution in [2.45, 2.75) is 38.1 Å². The molecule has 0 aromatic rings. The molecule has 1 rings (SSSR count). The summed E-state index contributed by atoms with van der Waals surface area (Å²) in [4.78, 5) is 22.7. The van der Waals surface area contributed by atoms with Gasteiger partial charge in [-0.1, -0.05) is 12.8 Å². The lowest BCUT2D eigenvalue weighted by Crippen LogP contribution is -2.49. The molecule has 7 nitrogen and oxygen atoms in total. The molecule has 2 unspecified atom stereocenters. The van der Waals surface area contributed by atoms with Gasteiger partial charge in [0.1, 0.15) is 9.84 Å². The molecule has 20 heavy (non-hydrogen) atoms. The first-order valence-corrected chi connectivity index (χ1v) is 8.80. The first-order chi connectivity index (χ1) is 9.29. The zero-order valence-corrected chi connectivity index (χ0v) is 12.4. The summed E-state index contributed by atoms with van der Waals surface area (Å²) in [5.74, 6) is -1.40. The van der Waals surface area contributed by atoms with E-state index in [1.807, 2.05) is 0 Å². The summed E-state index contributed by atoms with van der Waals surface area (Å²) >= 11 is 0. The number of aliphatic carboxylic acids is 1. The lowest BCUT2D eigenvalue weighted by molar-refractivity contribution is -0.143. The highest BCUT2D eigenvalue weighted by Gasteiger charge is 2.31. The summed E-state index contributed by atoms with van der Waals surface area (Å²) in [5.41, 5.74) is 0. The molecule has 2 atom stereocenters. The van der Waals surface area contributed by atoms with Gasteiger partial charge in [0.15, 0.2) is 0 Å². The minimum Gasteiger partial charge on any atom is -0.481 e. The average Bonchev–Trinajstić information content (AvgIpc) is 2.34. The van der Waals surface area contributed by atoms with E-state index in [0.717, 1.165) is 19.1 Å². The Morgan fingerprint density at radius 2 is 1.90 bits per heavy atom. The van der Waals surface area contributed by atoms with Gasteiger partial charge in [-0.25, -0.2) is 13.2 Å². The molecule has 0 aromatic heterocycles. The first kappa shape index (κ1) is 16.7. The molecule has 1 aliphatic carbocycles. The summed E-state index contributed by atoms with van der Waals surface area (Å²) in [6, 6.07) is -0.784. The normalized spacial score (nSPS) is 23.1. The number of nitrogens with one attached hydrogen (secondary N) is 2. The maximum atomic E-state index is 11.6. The van der Waals surface area contributed by atoms with Gasteiger partial charge in [0.25, 0.3) is 0 Å². The van der Waals surface area contributed by atoms with E-state index in [-0.39, 0.29) is 18.3 Å². The molecule has 1 aliphatic rings. The van der Waals surface area contributed by atoms with Crippen LogP contribution in [0, 0.1) is 5.92 Å². The lowest BCUT2D eigenvalue weighted by atomic mass is 9.84. The molecule has 3 N–H and O–H groups in total. The van der Waals surface area contributed by atoms with Crippen molar-refractivity contribution < 1.29 is 23.1 Å². The van der Waals surface area contributed by atoms with Crippen LogP contribution in [0.5, 0.6) is 0 Å². The fraction of sp³-hybridized carbons (Fsp3) is 0.833. The number of sulfone groups is 1. The van der Waals surface area contributed by atoms with Gasteiger partial charge in [0.05, 0.1) is 11.7 Å². The predicted molar refractivity (Wildman–Crippen MR) is 74.2 cm³/mol. The summed E-state index contributed by atoms with van der Waals surface area (Å²) in [5, 5.41) is 14.3. The number of urea groups is 1. The monoisotopic (exact) mass is 306 g/mol. The number of carbonyl (C=O) groups is 2. The second-order valence-electron chi connectivity index (χ2n) is 5.22. The van der Waals surface area contributed by atoms with Gasteiger partial charge in [0.2, 0.25) is 0 Å². The van der Waals surface area contributed by atoms with Crippen molar-refractivity contribution in [2.75, 3.05) is 18.6 Å². The standard InChI is InChI=1S/C12H22N2O5S/c1-20(18,19)8-4-7-13-12(17)14-10-6-3-2-5-9(10)11(15)16/h9-10H,2-8H2,1H3,(H,15,16)(H2,13,14,17). The Bertz CT molecular complexity index is 449. The van der Waals surface area contributed by atoms with E-state index in [0.29, 0.717) is 19.3 Å². The summed E-state index contributed by atoms with van der Waals surface area (Å²) in [6.45, 7) is 0.253. The molecule has 0 saturated heterocycles. The van der Waals surface area contributed by atoms with Crippen LogP contribution in [0.15, 0.2) is 0 Å². The van der Waals surface area contributed by atoms with Gasteiger partial charge >= 0.3 is 12.0 Å². The Hall–Kier alpha value is -1.31. The van der Waals surface area contributed by atoms with E-state index in [2.05, 4.69) is 10.6 Å². The van der Waals surface area contributed by atoms with Crippen LogP contribution in [0.3, 0.4) is 0 Å². The van der Waals surface area contributed by atoms with Crippen molar-refractivity contribution >= 4 is 21.8 Å². The van der Waals surface area contributed by atoms with E-state index in [9.17, 15) is 18.0 Å². The van der Waals surface area contributed by atoms with Gasteiger partial charge in [-0.3, -0.25) is 4.79 Å². The van der Waals surface area contributed by atoms with E-state index in [1.54, 1.807) is 0 Å². The van der Waals surface area contributed by atoms with Gasteiger partial charge in [-0.15, -0.1) is 0 Å². The fourth-order valence-corrected chi connectivity index (χ4v) is 3.02. The summed E-state index contributed by atoms with van der Waals surface area (Å²) in [6.07, 6.45) is 4.50. The minimum atomic E-state index is -3.02. The average molecular weight is 306 g/mol. The van der Waals surface area contributed by atoms with Crippen molar-refractivity contribution in [3.8, 4) is 0 Å². The maximum Gasteiger partial charge on any atom is 0.315 e. The molecule has 116 valence electrons. The molecule has 0 aromatic carbocycles. The Kier molecular flexibility index (Phi) is 6.25. The van der Waals surface area contributed by atoms with Crippen LogP contribution in [0.2, 0.25) is 0 Å². The van der Waals surface area contributed by atoms with Gasteiger partial charge < -0.3 is 15.7 Å². The molecule has 1 fully saturated rings. The number of rotatable bonds is 6. The van der Waals surface area contributed by atoms with Crippen LogP contribution in [0.1, 0.15) is 32.1 Å². The molecular formula is C12H22N2O5S. The topological polar surface area (TPSA) is 113 Å². The number of hydrogen-bond donors (Lipinski definition) is 3. The Labute approximate surface area is 119 Å². The molecule has 1 saturated carbocycles. The predicted octanol–water partition coefficient (Wildman–Crippen LogP) is 0.364. The number of hydrogen-bond acceptors (Lipinski definition) is 4. The third kappa shape index (κ3) is 6.23. The molecule has 0 bridgehead atoms. The zero-order valence-electron chi connectivity index (χ0n) is 11.6. The quantitative estimate of drug-likeness (QED) is 0.613. The highest BCUT2D eigenvalue weighted by Crippen LogP contribution is 2.24. The fourth-order valence-electron chi connectivity index (χ4n) is 2.35. The van der Waals surface area contributed by atoms with Crippen LogP contribution in [-0.4, -0.2) is 50.1 Å². The van der Waals surface area contributed by atoms with Crippen LogP contribution in [-0.2, 0) is 14.6 Å². The smallest absolute Gasteiger partial charge is 0.315 e. The first-order valence-electron chi connectivity index (χ1n) is 6.74. The second-order valence-corrected chi connectivity index (χ2v) is 7.48. The maximum absolute atomic E-state index is 11.6. The number of carbonyl (C=O) groups excluding carboxylic acids is 1. The third-order valence-corrected chi connectivity index (χ3v) is 4.41. The van der Waals surface area contributed by atoms with E-state index >= 15 is 0 Å². The van der Waals surface area contributed by atoms with Crippen molar-refractivity contribution in [3.63, 3.8) is 0 Å². The van der Waals surface area contributed by atoms with Crippen LogP contribution in [0.25, 0.3) is 0 Å². The van der Waals surface area contributed by atoms with Gasteiger partial charge in [-0.2, -0.15) is 0 Å². The Morgan fingerprint density at radius 3 is 2.50 bits per heavy atom. The van der Waals surface area contributed by atoms with Crippen molar-refractivity contribution in [3.05, 3.63) is 0 Å². The largest absolute Gasteiger partial charge is 0.481 e. The van der Waals surface area contributed by atoms with E-state index in [1.165, 1.54) is 0 Å². The molecule has 8 heteroatoms.